The predicted molar refractivity (Wildman–Crippen MR) is 50.1 cm³/mol. The van der Waals surface area contributed by atoms with Crippen molar-refractivity contribution in [3.8, 4) is 0 Å². The van der Waals surface area contributed by atoms with Gasteiger partial charge in [0, 0.05) is 6.42 Å². The second kappa shape index (κ2) is 5.25. The monoisotopic (exact) mass is 186 g/mol. The van der Waals surface area contributed by atoms with Gasteiger partial charge in [-0.2, -0.15) is 0 Å². The van der Waals surface area contributed by atoms with Crippen molar-refractivity contribution in [3.63, 3.8) is 0 Å². The summed E-state index contributed by atoms with van der Waals surface area (Å²) in [5, 5.41) is 9.37. The first-order valence-corrected chi connectivity index (χ1v) is 4.87. The standard InChI is InChI=1S/C10H18O3/c1-3-4-5-12-10-7-9(11)6-8(2)13-10/h6,9-11H,3-5,7H2,1-2H3/t9-,10+/m1/s1. The molecule has 0 bridgehead atoms. The molecular formula is C10H18O3. The first kappa shape index (κ1) is 10.5. The van der Waals surface area contributed by atoms with Gasteiger partial charge in [-0.15, -0.1) is 0 Å². The van der Waals surface area contributed by atoms with E-state index in [1.807, 2.05) is 6.92 Å². The van der Waals surface area contributed by atoms with Crippen molar-refractivity contribution in [2.45, 2.75) is 45.5 Å². The highest BCUT2D eigenvalue weighted by Crippen LogP contribution is 2.17. The number of aliphatic hydroxyl groups is 1. The molecule has 2 atom stereocenters. The largest absolute Gasteiger partial charge is 0.470 e. The van der Waals surface area contributed by atoms with E-state index in [1.54, 1.807) is 6.08 Å². The molecule has 0 aliphatic carbocycles. The van der Waals surface area contributed by atoms with Gasteiger partial charge in [0.1, 0.15) is 0 Å². The fourth-order valence-electron chi connectivity index (χ4n) is 1.29. The Bertz CT molecular complexity index is 177. The summed E-state index contributed by atoms with van der Waals surface area (Å²) in [6, 6.07) is 0. The number of hydrogen-bond acceptors (Lipinski definition) is 3. The van der Waals surface area contributed by atoms with Crippen molar-refractivity contribution >= 4 is 0 Å². The van der Waals surface area contributed by atoms with Crippen molar-refractivity contribution < 1.29 is 14.6 Å². The average molecular weight is 186 g/mol. The summed E-state index contributed by atoms with van der Waals surface area (Å²) in [5.74, 6) is 0.750. The molecule has 1 aliphatic rings. The number of unbranched alkanes of at least 4 members (excludes halogenated alkanes) is 1. The van der Waals surface area contributed by atoms with E-state index in [4.69, 9.17) is 9.47 Å². The van der Waals surface area contributed by atoms with Crippen LogP contribution in [0.4, 0.5) is 0 Å². The van der Waals surface area contributed by atoms with Gasteiger partial charge in [0.2, 0.25) is 6.29 Å². The minimum atomic E-state index is -0.416. The van der Waals surface area contributed by atoms with Gasteiger partial charge in [-0.05, 0) is 19.4 Å². The highest BCUT2D eigenvalue weighted by Gasteiger charge is 2.20. The summed E-state index contributed by atoms with van der Waals surface area (Å²) in [6.45, 7) is 4.66. The van der Waals surface area contributed by atoms with Crippen LogP contribution in [0.25, 0.3) is 0 Å². The molecule has 0 aromatic rings. The Morgan fingerprint density at radius 2 is 2.46 bits per heavy atom. The Kier molecular flexibility index (Phi) is 4.25. The molecule has 0 unspecified atom stereocenters. The van der Waals surface area contributed by atoms with Crippen LogP contribution in [-0.2, 0) is 9.47 Å². The molecule has 0 spiro atoms. The second-order valence-corrected chi connectivity index (χ2v) is 3.35. The molecule has 0 aromatic carbocycles. The van der Waals surface area contributed by atoms with E-state index in [9.17, 15) is 5.11 Å². The molecule has 0 aromatic heterocycles. The summed E-state index contributed by atoms with van der Waals surface area (Å²) in [5.41, 5.74) is 0. The van der Waals surface area contributed by atoms with Gasteiger partial charge in [0.05, 0.1) is 18.5 Å². The number of allylic oxidation sites excluding steroid dienone is 1. The lowest BCUT2D eigenvalue weighted by Crippen LogP contribution is -2.27. The van der Waals surface area contributed by atoms with Gasteiger partial charge in [-0.25, -0.2) is 0 Å². The van der Waals surface area contributed by atoms with E-state index in [2.05, 4.69) is 6.92 Å². The first-order valence-electron chi connectivity index (χ1n) is 4.87. The van der Waals surface area contributed by atoms with E-state index in [1.165, 1.54) is 0 Å². The molecule has 3 nitrogen and oxygen atoms in total. The highest BCUT2D eigenvalue weighted by atomic mass is 16.7. The fraction of sp³-hybridized carbons (Fsp3) is 0.800. The summed E-state index contributed by atoms with van der Waals surface area (Å²) >= 11 is 0. The van der Waals surface area contributed by atoms with Crippen molar-refractivity contribution in [1.29, 1.82) is 0 Å². The second-order valence-electron chi connectivity index (χ2n) is 3.35. The lowest BCUT2D eigenvalue weighted by Gasteiger charge is -2.25. The topological polar surface area (TPSA) is 38.7 Å². The van der Waals surface area contributed by atoms with Crippen LogP contribution in [0.3, 0.4) is 0 Å². The summed E-state index contributed by atoms with van der Waals surface area (Å²) in [4.78, 5) is 0. The SMILES string of the molecule is CCCCO[C@@H]1C[C@H](O)C=C(C)O1. The Morgan fingerprint density at radius 3 is 3.08 bits per heavy atom. The van der Waals surface area contributed by atoms with Crippen LogP contribution in [0, 0.1) is 0 Å². The third-order valence-corrected chi connectivity index (χ3v) is 1.98. The van der Waals surface area contributed by atoms with E-state index < -0.39 is 6.10 Å². The molecule has 76 valence electrons. The van der Waals surface area contributed by atoms with Crippen molar-refractivity contribution in [3.05, 3.63) is 11.8 Å². The number of ether oxygens (including phenoxy) is 2. The van der Waals surface area contributed by atoms with Crippen LogP contribution >= 0.6 is 0 Å². The van der Waals surface area contributed by atoms with Crippen LogP contribution in [0.2, 0.25) is 0 Å². The van der Waals surface area contributed by atoms with Crippen LogP contribution in [0.15, 0.2) is 11.8 Å². The first-order chi connectivity index (χ1) is 6.22. The zero-order valence-corrected chi connectivity index (χ0v) is 8.32. The maximum Gasteiger partial charge on any atom is 0.202 e. The molecule has 1 heterocycles. The molecule has 0 amide bonds. The zero-order valence-electron chi connectivity index (χ0n) is 8.32. The normalized spacial score (nSPS) is 28.1. The van der Waals surface area contributed by atoms with Gasteiger partial charge in [0.15, 0.2) is 0 Å². The number of rotatable bonds is 4. The lowest BCUT2D eigenvalue weighted by molar-refractivity contribution is -0.140. The van der Waals surface area contributed by atoms with Crippen molar-refractivity contribution in [2.24, 2.45) is 0 Å². The Hall–Kier alpha value is -0.540. The summed E-state index contributed by atoms with van der Waals surface area (Å²) < 4.78 is 10.8. The Balaban J connectivity index is 2.24. The molecule has 0 saturated carbocycles. The molecule has 1 rings (SSSR count). The smallest absolute Gasteiger partial charge is 0.202 e. The van der Waals surface area contributed by atoms with E-state index in [0.29, 0.717) is 13.0 Å². The quantitative estimate of drug-likeness (QED) is 0.680. The maximum atomic E-state index is 9.37. The molecule has 0 fully saturated rings. The molecular weight excluding hydrogens is 168 g/mol. The van der Waals surface area contributed by atoms with E-state index in [-0.39, 0.29) is 6.29 Å². The molecule has 0 saturated heterocycles. The fourth-order valence-corrected chi connectivity index (χ4v) is 1.29. The molecule has 1 N–H and O–H groups in total. The van der Waals surface area contributed by atoms with Crippen LogP contribution in [0.1, 0.15) is 33.1 Å². The van der Waals surface area contributed by atoms with Crippen LogP contribution in [-0.4, -0.2) is 24.1 Å². The van der Waals surface area contributed by atoms with E-state index >= 15 is 0 Å². The minimum absolute atomic E-state index is 0.258. The Labute approximate surface area is 79.3 Å². The third kappa shape index (κ3) is 3.79. The summed E-state index contributed by atoms with van der Waals surface area (Å²) in [7, 11) is 0. The zero-order chi connectivity index (χ0) is 9.68. The van der Waals surface area contributed by atoms with Crippen molar-refractivity contribution in [2.75, 3.05) is 6.61 Å². The number of aliphatic hydroxyl groups excluding tert-OH is 1. The maximum absolute atomic E-state index is 9.37. The predicted octanol–water partition coefficient (Wildman–Crippen LogP) is 1.81. The van der Waals surface area contributed by atoms with Crippen LogP contribution < -0.4 is 0 Å². The third-order valence-electron chi connectivity index (χ3n) is 1.98. The molecule has 1 aliphatic heterocycles. The summed E-state index contributed by atoms with van der Waals surface area (Å²) in [6.07, 6.45) is 3.73. The lowest BCUT2D eigenvalue weighted by atomic mass is 10.2. The van der Waals surface area contributed by atoms with Crippen LogP contribution in [0.5, 0.6) is 0 Å². The van der Waals surface area contributed by atoms with Crippen molar-refractivity contribution in [1.82, 2.24) is 0 Å². The molecule has 0 radical (unpaired) electrons. The Morgan fingerprint density at radius 1 is 1.69 bits per heavy atom. The van der Waals surface area contributed by atoms with Gasteiger partial charge in [-0.3, -0.25) is 0 Å². The van der Waals surface area contributed by atoms with Gasteiger partial charge >= 0.3 is 0 Å². The molecule has 3 heteroatoms. The molecule has 13 heavy (non-hydrogen) atoms. The number of hydrogen-bond donors (Lipinski definition) is 1. The van der Waals surface area contributed by atoms with E-state index in [0.717, 1.165) is 18.6 Å². The average Bonchev–Trinajstić information content (AvgIpc) is 2.03. The van der Waals surface area contributed by atoms with Gasteiger partial charge < -0.3 is 14.6 Å². The van der Waals surface area contributed by atoms with Gasteiger partial charge in [0.25, 0.3) is 0 Å². The minimum Gasteiger partial charge on any atom is -0.470 e. The highest BCUT2D eigenvalue weighted by molar-refractivity contribution is 4.98. The van der Waals surface area contributed by atoms with Gasteiger partial charge in [-0.1, -0.05) is 13.3 Å².